The van der Waals surface area contributed by atoms with E-state index in [1.807, 2.05) is 42.7 Å². The van der Waals surface area contributed by atoms with Gasteiger partial charge >= 0.3 is 5.97 Å². The molecule has 0 radical (unpaired) electrons. The highest BCUT2D eigenvalue weighted by Crippen LogP contribution is 2.41. The number of fused-ring (bicyclic) bond motifs is 1. The van der Waals surface area contributed by atoms with Gasteiger partial charge in [0.05, 0.1) is 17.8 Å². The van der Waals surface area contributed by atoms with Crippen molar-refractivity contribution in [3.05, 3.63) is 52.1 Å². The van der Waals surface area contributed by atoms with Gasteiger partial charge in [-0.3, -0.25) is 4.79 Å². The Kier molecular flexibility index (Phi) is 4.40. The Balaban J connectivity index is 2.07. The molecule has 1 aliphatic rings. The lowest BCUT2D eigenvalue weighted by atomic mass is 9.96. The first-order valence-electron chi connectivity index (χ1n) is 8.08. The molecular formula is C18H21ClN2O3. The van der Waals surface area contributed by atoms with E-state index in [1.54, 1.807) is 0 Å². The van der Waals surface area contributed by atoms with Crippen LogP contribution in [-0.2, 0) is 23.4 Å². The number of aryl methyl sites for hydroxylation is 1. The van der Waals surface area contributed by atoms with Gasteiger partial charge in [0.2, 0.25) is 0 Å². The van der Waals surface area contributed by atoms with Gasteiger partial charge < -0.3 is 14.8 Å². The minimum absolute atomic E-state index is 0.178. The van der Waals surface area contributed by atoms with E-state index in [0.717, 1.165) is 17.1 Å². The van der Waals surface area contributed by atoms with Crippen LogP contribution < -0.4 is 0 Å². The van der Waals surface area contributed by atoms with Crippen LogP contribution in [0.5, 0.6) is 0 Å². The zero-order valence-corrected chi connectivity index (χ0v) is 14.5. The van der Waals surface area contributed by atoms with Crippen LogP contribution in [0.4, 0.5) is 0 Å². The topological polar surface area (TPSA) is 75.3 Å². The third-order valence-corrected chi connectivity index (χ3v) is 4.75. The number of carbonyl (C=O) groups is 1. The van der Waals surface area contributed by atoms with Crippen molar-refractivity contribution in [1.82, 2.24) is 9.55 Å². The average molecular weight is 349 g/mol. The van der Waals surface area contributed by atoms with E-state index < -0.39 is 11.6 Å². The Bertz CT molecular complexity index is 767. The number of nitrogens with zero attached hydrogens (tertiary/aromatic N) is 2. The van der Waals surface area contributed by atoms with Gasteiger partial charge in [0.15, 0.2) is 0 Å². The molecule has 0 amide bonds. The minimum Gasteiger partial charge on any atom is -0.481 e. The summed E-state index contributed by atoms with van der Waals surface area (Å²) in [6, 6.07) is 7.52. The summed E-state index contributed by atoms with van der Waals surface area (Å²) in [4.78, 5) is 15.9. The van der Waals surface area contributed by atoms with Crippen molar-refractivity contribution < 1.29 is 15.0 Å². The Hall–Kier alpha value is -1.85. The highest BCUT2D eigenvalue weighted by Gasteiger charge is 2.43. The Labute approximate surface area is 145 Å². The summed E-state index contributed by atoms with van der Waals surface area (Å²) in [5, 5.41) is 20.8. The lowest BCUT2D eigenvalue weighted by molar-refractivity contribution is -0.143. The second kappa shape index (κ2) is 6.22. The maximum atomic E-state index is 11.2. The van der Waals surface area contributed by atoms with Crippen LogP contribution in [0.1, 0.15) is 55.4 Å². The molecule has 0 fully saturated rings. The van der Waals surface area contributed by atoms with E-state index >= 15 is 0 Å². The highest BCUT2D eigenvalue weighted by atomic mass is 35.5. The lowest BCUT2D eigenvalue weighted by Gasteiger charge is -2.25. The number of aromatic nitrogens is 2. The molecule has 6 heteroatoms. The van der Waals surface area contributed by atoms with Crippen molar-refractivity contribution in [3.63, 3.8) is 0 Å². The van der Waals surface area contributed by atoms with Crippen LogP contribution in [0.25, 0.3) is 0 Å². The predicted octanol–water partition coefficient (Wildman–Crippen LogP) is 3.32. The number of aliphatic hydroxyl groups is 1. The molecule has 24 heavy (non-hydrogen) atoms. The summed E-state index contributed by atoms with van der Waals surface area (Å²) in [6.45, 7) is 4.63. The van der Waals surface area contributed by atoms with Crippen LogP contribution in [0.15, 0.2) is 24.3 Å². The summed E-state index contributed by atoms with van der Waals surface area (Å²) in [7, 11) is 0. The first-order chi connectivity index (χ1) is 11.3. The van der Waals surface area contributed by atoms with Crippen molar-refractivity contribution >= 4 is 17.6 Å². The number of halogens is 1. The third-order valence-electron chi connectivity index (χ3n) is 4.50. The van der Waals surface area contributed by atoms with E-state index in [1.165, 1.54) is 0 Å². The molecule has 0 spiro atoms. The summed E-state index contributed by atoms with van der Waals surface area (Å²) in [5.74, 6) is 0.0473. The number of aliphatic carboxylic acids is 1. The van der Waals surface area contributed by atoms with Crippen molar-refractivity contribution in [2.45, 2.75) is 51.2 Å². The monoisotopic (exact) mass is 348 g/mol. The summed E-state index contributed by atoms with van der Waals surface area (Å²) < 4.78 is 1.99. The summed E-state index contributed by atoms with van der Waals surface area (Å²) >= 11 is 5.95. The molecule has 1 aromatic carbocycles. The van der Waals surface area contributed by atoms with Gasteiger partial charge in [-0.2, -0.15) is 0 Å². The fourth-order valence-corrected chi connectivity index (χ4v) is 3.58. The zero-order valence-electron chi connectivity index (χ0n) is 13.8. The first kappa shape index (κ1) is 17.0. The number of hydrogen-bond donors (Lipinski definition) is 2. The van der Waals surface area contributed by atoms with Crippen LogP contribution >= 0.6 is 11.6 Å². The summed E-state index contributed by atoms with van der Waals surface area (Å²) in [5.41, 5.74) is 1.15. The molecule has 1 atom stereocenters. The number of rotatable bonds is 5. The number of benzene rings is 1. The minimum atomic E-state index is -1.35. The molecule has 5 nitrogen and oxygen atoms in total. The molecule has 2 aromatic rings. The predicted molar refractivity (Wildman–Crippen MR) is 91.3 cm³/mol. The van der Waals surface area contributed by atoms with Gasteiger partial charge in [-0.1, -0.05) is 37.6 Å². The standard InChI is InChI=1S/C18H21ClN2O3/c1-11(2)17-20-14-7-8-18(24,9-15(22)23)16(14)21(17)10-12-3-5-13(19)6-4-12/h3-6,11,24H,7-10H2,1-2H3,(H,22,23). The second-order valence-corrected chi connectivity index (χ2v) is 7.17. The Morgan fingerprint density at radius 3 is 2.62 bits per heavy atom. The maximum absolute atomic E-state index is 11.2. The highest BCUT2D eigenvalue weighted by molar-refractivity contribution is 6.30. The quantitative estimate of drug-likeness (QED) is 0.869. The van der Waals surface area contributed by atoms with E-state index in [9.17, 15) is 15.0 Å². The third kappa shape index (κ3) is 3.06. The van der Waals surface area contributed by atoms with Crippen LogP contribution in [0, 0.1) is 0 Å². The molecule has 0 aliphatic heterocycles. The number of hydrogen-bond acceptors (Lipinski definition) is 3. The maximum Gasteiger partial charge on any atom is 0.306 e. The van der Waals surface area contributed by atoms with E-state index in [0.29, 0.717) is 30.1 Å². The molecule has 3 rings (SSSR count). The summed E-state index contributed by atoms with van der Waals surface area (Å²) in [6.07, 6.45) is 0.701. The molecule has 0 saturated carbocycles. The van der Waals surface area contributed by atoms with Gasteiger partial charge in [0.1, 0.15) is 11.4 Å². The number of carboxylic acid groups (broad SMARTS) is 1. The molecular weight excluding hydrogens is 328 g/mol. The smallest absolute Gasteiger partial charge is 0.306 e. The van der Waals surface area contributed by atoms with Gasteiger partial charge in [-0.15, -0.1) is 0 Å². The lowest BCUT2D eigenvalue weighted by Crippen LogP contribution is -2.30. The number of imidazole rings is 1. The molecule has 0 saturated heterocycles. The molecule has 2 N–H and O–H groups in total. The van der Waals surface area contributed by atoms with Gasteiger partial charge in [-0.05, 0) is 30.5 Å². The normalized spacial score (nSPS) is 19.7. The number of carboxylic acids is 1. The van der Waals surface area contributed by atoms with Crippen molar-refractivity contribution in [3.8, 4) is 0 Å². The SMILES string of the molecule is CC(C)c1nc2c(n1Cc1ccc(Cl)cc1)C(O)(CC(=O)O)CC2. The zero-order chi connectivity index (χ0) is 17.5. The van der Waals surface area contributed by atoms with Gasteiger partial charge in [0, 0.05) is 17.5 Å². The van der Waals surface area contributed by atoms with Gasteiger partial charge in [-0.25, -0.2) is 4.98 Å². The fourth-order valence-electron chi connectivity index (χ4n) is 3.46. The average Bonchev–Trinajstić information content (AvgIpc) is 3.00. The van der Waals surface area contributed by atoms with Crippen molar-refractivity contribution in [2.75, 3.05) is 0 Å². The molecule has 1 aliphatic carbocycles. The second-order valence-electron chi connectivity index (χ2n) is 6.73. The molecule has 1 aromatic heterocycles. The molecule has 1 heterocycles. The van der Waals surface area contributed by atoms with Crippen LogP contribution in [-0.4, -0.2) is 25.7 Å². The van der Waals surface area contributed by atoms with E-state index in [-0.39, 0.29) is 12.3 Å². The first-order valence-corrected chi connectivity index (χ1v) is 8.46. The largest absolute Gasteiger partial charge is 0.481 e. The van der Waals surface area contributed by atoms with Crippen molar-refractivity contribution in [2.24, 2.45) is 0 Å². The fraction of sp³-hybridized carbons (Fsp3) is 0.444. The van der Waals surface area contributed by atoms with E-state index in [2.05, 4.69) is 0 Å². The van der Waals surface area contributed by atoms with Crippen LogP contribution in [0.3, 0.4) is 0 Å². The molecule has 1 unspecified atom stereocenters. The van der Waals surface area contributed by atoms with Crippen molar-refractivity contribution in [1.29, 1.82) is 0 Å². The molecule has 0 bridgehead atoms. The molecule has 128 valence electrons. The van der Waals surface area contributed by atoms with Crippen LogP contribution in [0.2, 0.25) is 5.02 Å². The Morgan fingerprint density at radius 1 is 1.38 bits per heavy atom. The van der Waals surface area contributed by atoms with E-state index in [4.69, 9.17) is 16.6 Å². The Morgan fingerprint density at radius 2 is 2.04 bits per heavy atom. The van der Waals surface area contributed by atoms with Gasteiger partial charge in [0.25, 0.3) is 0 Å².